The number of rotatable bonds is 4. The van der Waals surface area contributed by atoms with Crippen LogP contribution < -0.4 is 16.6 Å². The van der Waals surface area contributed by atoms with Gasteiger partial charge in [-0.05, 0) is 42.7 Å². The molecule has 2 rings (SSSR count). The highest BCUT2D eigenvalue weighted by Crippen LogP contribution is 2.21. The summed E-state index contributed by atoms with van der Waals surface area (Å²) in [6.07, 6.45) is 1.97. The molecule has 0 saturated heterocycles. The van der Waals surface area contributed by atoms with Gasteiger partial charge in [-0.3, -0.25) is 10.6 Å². The summed E-state index contributed by atoms with van der Waals surface area (Å²) in [7, 11) is 0. The number of para-hydroxylation sites is 1. The molecule has 0 aliphatic rings. The third kappa shape index (κ3) is 3.09. The van der Waals surface area contributed by atoms with Crippen molar-refractivity contribution in [1.82, 2.24) is 0 Å². The van der Waals surface area contributed by atoms with Crippen molar-refractivity contribution in [2.45, 2.75) is 4.90 Å². The molecule has 0 spiro atoms. The lowest BCUT2D eigenvalue weighted by molar-refractivity contribution is 0.102. The summed E-state index contributed by atoms with van der Waals surface area (Å²) in [6, 6.07) is 11.6. The standard InChI is InChI=1S/C14H14FN3OS/c1-20-10-7-5-9(6-8-10)17-14(19)11-3-2-4-12(15)13(11)18-16/h2-8,18H,16H2,1H3,(H,17,19). The lowest BCUT2D eigenvalue weighted by Crippen LogP contribution is -2.18. The molecule has 0 atom stereocenters. The van der Waals surface area contributed by atoms with Gasteiger partial charge >= 0.3 is 0 Å². The number of carbonyl (C=O) groups excluding carboxylic acids is 1. The van der Waals surface area contributed by atoms with E-state index in [2.05, 4.69) is 10.7 Å². The number of nitrogen functional groups attached to an aromatic ring is 1. The molecule has 0 heterocycles. The molecule has 20 heavy (non-hydrogen) atoms. The fourth-order valence-electron chi connectivity index (χ4n) is 1.73. The van der Waals surface area contributed by atoms with Crippen LogP contribution >= 0.6 is 11.8 Å². The second-order valence-corrected chi connectivity index (χ2v) is 4.87. The predicted octanol–water partition coefficient (Wildman–Crippen LogP) is 3.09. The average molecular weight is 291 g/mol. The van der Waals surface area contributed by atoms with Crippen molar-refractivity contribution in [2.24, 2.45) is 5.84 Å². The van der Waals surface area contributed by atoms with Crippen molar-refractivity contribution < 1.29 is 9.18 Å². The summed E-state index contributed by atoms with van der Waals surface area (Å²) in [5.41, 5.74) is 2.98. The molecule has 0 aliphatic heterocycles. The summed E-state index contributed by atoms with van der Waals surface area (Å²) in [6.45, 7) is 0. The Morgan fingerprint density at radius 1 is 1.20 bits per heavy atom. The lowest BCUT2D eigenvalue weighted by atomic mass is 10.1. The minimum absolute atomic E-state index is 0.0225. The van der Waals surface area contributed by atoms with Crippen LogP contribution in [0.15, 0.2) is 47.4 Å². The van der Waals surface area contributed by atoms with E-state index in [4.69, 9.17) is 5.84 Å². The van der Waals surface area contributed by atoms with E-state index in [1.165, 1.54) is 18.2 Å². The first-order chi connectivity index (χ1) is 9.65. The number of hydrogen-bond donors (Lipinski definition) is 3. The molecule has 0 aromatic heterocycles. The Hall–Kier alpha value is -2.05. The van der Waals surface area contributed by atoms with Crippen LogP contribution in [0.25, 0.3) is 0 Å². The largest absolute Gasteiger partial charge is 0.322 e. The van der Waals surface area contributed by atoms with E-state index in [0.717, 1.165) is 4.90 Å². The number of amides is 1. The second kappa shape index (κ2) is 6.40. The Kier molecular flexibility index (Phi) is 4.60. The summed E-state index contributed by atoms with van der Waals surface area (Å²) in [5.74, 6) is 4.25. The highest BCUT2D eigenvalue weighted by atomic mass is 32.2. The lowest BCUT2D eigenvalue weighted by Gasteiger charge is -2.10. The number of benzene rings is 2. The first kappa shape index (κ1) is 14.4. The number of halogens is 1. The van der Waals surface area contributed by atoms with Crippen LogP contribution in [0, 0.1) is 5.82 Å². The summed E-state index contributed by atoms with van der Waals surface area (Å²) >= 11 is 1.61. The van der Waals surface area contributed by atoms with Gasteiger partial charge in [0.05, 0.1) is 11.3 Å². The van der Waals surface area contributed by atoms with Gasteiger partial charge in [0.25, 0.3) is 5.91 Å². The number of nitrogens with one attached hydrogen (secondary N) is 2. The number of anilines is 2. The molecular formula is C14H14FN3OS. The Labute approximate surface area is 120 Å². The number of hydrogen-bond acceptors (Lipinski definition) is 4. The maximum absolute atomic E-state index is 13.5. The Balaban J connectivity index is 2.21. The van der Waals surface area contributed by atoms with E-state index in [9.17, 15) is 9.18 Å². The molecule has 0 radical (unpaired) electrons. The van der Waals surface area contributed by atoms with E-state index in [-0.39, 0.29) is 11.3 Å². The molecule has 2 aromatic rings. The number of hydrazine groups is 1. The van der Waals surface area contributed by atoms with Gasteiger partial charge in [-0.1, -0.05) is 6.07 Å². The second-order valence-electron chi connectivity index (χ2n) is 3.99. The molecule has 0 aliphatic carbocycles. The van der Waals surface area contributed by atoms with Gasteiger partial charge in [-0.2, -0.15) is 0 Å². The SMILES string of the molecule is CSc1ccc(NC(=O)c2cccc(F)c2NN)cc1. The molecule has 0 fully saturated rings. The van der Waals surface area contributed by atoms with Gasteiger partial charge in [-0.15, -0.1) is 11.8 Å². The minimum Gasteiger partial charge on any atom is -0.322 e. The van der Waals surface area contributed by atoms with Gasteiger partial charge in [-0.25, -0.2) is 4.39 Å². The highest BCUT2D eigenvalue weighted by Gasteiger charge is 2.14. The zero-order chi connectivity index (χ0) is 14.5. The third-order valence-electron chi connectivity index (χ3n) is 2.75. The van der Waals surface area contributed by atoms with Crippen LogP contribution in [0.2, 0.25) is 0 Å². The third-order valence-corrected chi connectivity index (χ3v) is 3.49. The summed E-state index contributed by atoms with van der Waals surface area (Å²) < 4.78 is 13.5. The van der Waals surface area contributed by atoms with Crippen LogP contribution in [-0.4, -0.2) is 12.2 Å². The van der Waals surface area contributed by atoms with Gasteiger partial charge in [0.1, 0.15) is 5.82 Å². The van der Waals surface area contributed by atoms with Crippen LogP contribution in [0.4, 0.5) is 15.8 Å². The van der Waals surface area contributed by atoms with Crippen LogP contribution in [-0.2, 0) is 0 Å². The van der Waals surface area contributed by atoms with Gasteiger partial charge in [0.15, 0.2) is 0 Å². The fraction of sp³-hybridized carbons (Fsp3) is 0.0714. The Morgan fingerprint density at radius 2 is 1.90 bits per heavy atom. The highest BCUT2D eigenvalue weighted by molar-refractivity contribution is 7.98. The molecule has 0 saturated carbocycles. The maximum Gasteiger partial charge on any atom is 0.257 e. The monoisotopic (exact) mass is 291 g/mol. The normalized spacial score (nSPS) is 10.2. The predicted molar refractivity (Wildman–Crippen MR) is 80.4 cm³/mol. The summed E-state index contributed by atoms with van der Waals surface area (Å²) in [4.78, 5) is 13.2. The Morgan fingerprint density at radius 3 is 2.50 bits per heavy atom. The van der Waals surface area contributed by atoms with Crippen molar-refractivity contribution in [3.63, 3.8) is 0 Å². The van der Waals surface area contributed by atoms with Crippen LogP contribution in [0.3, 0.4) is 0 Å². The smallest absolute Gasteiger partial charge is 0.257 e. The van der Waals surface area contributed by atoms with Gasteiger partial charge in [0.2, 0.25) is 0 Å². The first-order valence-corrected chi connectivity index (χ1v) is 7.08. The average Bonchev–Trinajstić information content (AvgIpc) is 2.47. The van der Waals surface area contributed by atoms with E-state index in [1.54, 1.807) is 23.9 Å². The zero-order valence-electron chi connectivity index (χ0n) is 10.8. The topological polar surface area (TPSA) is 67.2 Å². The Bertz CT molecular complexity index is 616. The quantitative estimate of drug-likeness (QED) is 0.460. The van der Waals surface area contributed by atoms with E-state index >= 15 is 0 Å². The van der Waals surface area contributed by atoms with Crippen molar-refractivity contribution in [2.75, 3.05) is 17.0 Å². The summed E-state index contributed by atoms with van der Waals surface area (Å²) in [5, 5.41) is 2.70. The van der Waals surface area contributed by atoms with Crippen LogP contribution in [0.5, 0.6) is 0 Å². The molecule has 0 bridgehead atoms. The first-order valence-electron chi connectivity index (χ1n) is 5.86. The number of carbonyl (C=O) groups is 1. The number of nitrogens with two attached hydrogens (primary N) is 1. The van der Waals surface area contributed by atoms with E-state index in [0.29, 0.717) is 5.69 Å². The van der Waals surface area contributed by atoms with E-state index < -0.39 is 11.7 Å². The molecule has 6 heteroatoms. The molecule has 2 aromatic carbocycles. The van der Waals surface area contributed by atoms with E-state index in [1.807, 2.05) is 18.4 Å². The van der Waals surface area contributed by atoms with Gasteiger partial charge < -0.3 is 10.7 Å². The molecule has 0 unspecified atom stereocenters. The molecule has 4 N–H and O–H groups in total. The van der Waals surface area contributed by atoms with Crippen molar-refractivity contribution >= 4 is 29.0 Å². The molecule has 1 amide bonds. The number of thioether (sulfide) groups is 1. The van der Waals surface area contributed by atoms with Gasteiger partial charge in [0, 0.05) is 10.6 Å². The van der Waals surface area contributed by atoms with Crippen molar-refractivity contribution in [3.05, 3.63) is 53.8 Å². The molecule has 4 nitrogen and oxygen atoms in total. The molecule has 104 valence electrons. The zero-order valence-corrected chi connectivity index (χ0v) is 11.6. The maximum atomic E-state index is 13.5. The fourth-order valence-corrected chi connectivity index (χ4v) is 2.14. The minimum atomic E-state index is -0.571. The van der Waals surface area contributed by atoms with Crippen LogP contribution in [0.1, 0.15) is 10.4 Å². The van der Waals surface area contributed by atoms with Crippen molar-refractivity contribution in [3.8, 4) is 0 Å². The molecular weight excluding hydrogens is 277 g/mol. The van der Waals surface area contributed by atoms with Crippen molar-refractivity contribution in [1.29, 1.82) is 0 Å².